The first-order valence-corrected chi connectivity index (χ1v) is 12.4. The molecule has 0 spiro atoms. The number of benzene rings is 1. The molecule has 3 atom stereocenters. The molecule has 0 unspecified atom stereocenters. The number of rotatable bonds is 4. The predicted octanol–water partition coefficient (Wildman–Crippen LogP) is 3.89. The van der Waals surface area contributed by atoms with Crippen LogP contribution >= 0.6 is 0 Å². The number of hydrogen-bond acceptors (Lipinski definition) is 8. The van der Waals surface area contributed by atoms with Crippen LogP contribution in [-0.4, -0.2) is 30.9 Å². The van der Waals surface area contributed by atoms with Crippen LogP contribution in [0.3, 0.4) is 0 Å². The van der Waals surface area contributed by atoms with Crippen molar-refractivity contribution in [1.82, 2.24) is 5.32 Å². The summed E-state index contributed by atoms with van der Waals surface area (Å²) in [6, 6.07) is 6.83. The topological polar surface area (TPSA) is 112 Å². The summed E-state index contributed by atoms with van der Waals surface area (Å²) >= 11 is 0. The van der Waals surface area contributed by atoms with Gasteiger partial charge in [-0.3, -0.25) is 14.4 Å². The quantitative estimate of drug-likeness (QED) is 0.506. The van der Waals surface area contributed by atoms with E-state index in [0.717, 1.165) is 25.7 Å². The number of allylic oxidation sites excluding steroid dienone is 3. The van der Waals surface area contributed by atoms with Gasteiger partial charge >= 0.3 is 11.9 Å². The summed E-state index contributed by atoms with van der Waals surface area (Å²) in [6.07, 6.45) is 5.04. The Morgan fingerprint density at radius 1 is 1.11 bits per heavy atom. The van der Waals surface area contributed by atoms with Crippen molar-refractivity contribution >= 4 is 28.7 Å². The van der Waals surface area contributed by atoms with Crippen molar-refractivity contribution in [3.8, 4) is 0 Å². The number of nitrogens with one attached hydrogen (secondary N) is 1. The highest BCUT2D eigenvalue weighted by Gasteiger charge is 2.48. The van der Waals surface area contributed by atoms with Crippen LogP contribution in [0.2, 0.25) is 0 Å². The lowest BCUT2D eigenvalue weighted by Crippen LogP contribution is -2.44. The van der Waals surface area contributed by atoms with Gasteiger partial charge in [-0.2, -0.15) is 0 Å². The maximum Gasteiger partial charge on any atom is 0.337 e. The molecule has 1 fully saturated rings. The normalized spacial score (nSPS) is 24.5. The first kappa shape index (κ1) is 24.0. The van der Waals surface area contributed by atoms with Crippen LogP contribution in [0.1, 0.15) is 57.4 Å². The molecule has 1 aliphatic heterocycles. The summed E-state index contributed by atoms with van der Waals surface area (Å²) < 4.78 is 16.6. The Hall–Kier alpha value is -3.68. The number of carbonyl (C=O) groups is 3. The van der Waals surface area contributed by atoms with Gasteiger partial charge in [0.1, 0.15) is 17.6 Å². The Labute approximate surface area is 208 Å². The third-order valence-corrected chi connectivity index (χ3v) is 7.56. The van der Waals surface area contributed by atoms with Gasteiger partial charge in [0.05, 0.1) is 30.3 Å². The number of Topliss-reactive ketones (excluding diaryl/α,β-unsaturated/α-hetero) is 1. The second kappa shape index (κ2) is 9.41. The zero-order valence-electron chi connectivity index (χ0n) is 20.6. The van der Waals surface area contributed by atoms with Crippen molar-refractivity contribution in [1.29, 1.82) is 0 Å². The van der Waals surface area contributed by atoms with E-state index in [2.05, 4.69) is 5.32 Å². The van der Waals surface area contributed by atoms with E-state index >= 15 is 0 Å². The van der Waals surface area contributed by atoms with E-state index < -0.39 is 29.6 Å². The number of fused-ring (bicyclic) bond motifs is 1. The molecular weight excluding hydrogens is 462 g/mol. The summed E-state index contributed by atoms with van der Waals surface area (Å²) in [6.45, 7) is 3.56. The molecule has 1 N–H and O–H groups in total. The second-order valence-electron chi connectivity index (χ2n) is 9.86. The van der Waals surface area contributed by atoms with E-state index in [9.17, 15) is 19.2 Å². The highest BCUT2D eigenvalue weighted by atomic mass is 16.5. The Balaban J connectivity index is 1.69. The SMILES string of the molecule is COC(=O)[C@H]1C(=O)C2=C(C[C@H]1C)NC(C)=C(C(=O)OC1CCCC1)[C@H]2c1coc2ccccc2c1=O. The lowest BCUT2D eigenvalue weighted by molar-refractivity contribution is -0.151. The molecule has 188 valence electrons. The van der Waals surface area contributed by atoms with E-state index in [1.54, 1.807) is 31.2 Å². The van der Waals surface area contributed by atoms with Crippen LogP contribution in [0, 0.1) is 11.8 Å². The standard InChI is InChI=1S/C28H29NO7/c1-14-12-19-24(26(31)21(14)27(32)34-3)23(18-13-35-20-11-7-6-10-17(20)25(18)30)22(15(2)29-19)28(33)36-16-8-4-5-9-16/h6-7,10-11,13-14,16,21,23,29H,4-5,8-9,12H2,1-3H3/t14-,21-,23-/m1/s1. The zero-order valence-corrected chi connectivity index (χ0v) is 20.6. The van der Waals surface area contributed by atoms with Crippen LogP contribution in [0.5, 0.6) is 0 Å². The van der Waals surface area contributed by atoms with E-state index in [1.807, 2.05) is 6.92 Å². The number of esters is 2. The molecule has 2 aromatic rings. The monoisotopic (exact) mass is 491 g/mol. The summed E-state index contributed by atoms with van der Waals surface area (Å²) in [4.78, 5) is 53.7. The fraction of sp³-hybridized carbons (Fsp3) is 0.429. The van der Waals surface area contributed by atoms with E-state index in [4.69, 9.17) is 13.9 Å². The molecule has 0 saturated heterocycles. The first-order valence-electron chi connectivity index (χ1n) is 12.4. The molecule has 8 nitrogen and oxygen atoms in total. The number of ether oxygens (including phenoxy) is 2. The summed E-state index contributed by atoms with van der Waals surface area (Å²) in [7, 11) is 1.25. The van der Waals surface area contributed by atoms with Gasteiger partial charge in [0.2, 0.25) is 0 Å². The van der Waals surface area contributed by atoms with Crippen LogP contribution in [0.4, 0.5) is 0 Å². The Morgan fingerprint density at radius 3 is 2.56 bits per heavy atom. The molecule has 3 aliphatic rings. The summed E-state index contributed by atoms with van der Waals surface area (Å²) in [5, 5.41) is 3.57. The van der Waals surface area contributed by atoms with E-state index in [1.165, 1.54) is 13.4 Å². The smallest absolute Gasteiger partial charge is 0.337 e. The Morgan fingerprint density at radius 2 is 1.83 bits per heavy atom. The Kier molecular flexibility index (Phi) is 6.28. The second-order valence-corrected chi connectivity index (χ2v) is 9.86. The number of methoxy groups -OCH3 is 1. The van der Waals surface area contributed by atoms with Crippen LogP contribution in [-0.2, 0) is 23.9 Å². The third kappa shape index (κ3) is 3.94. The van der Waals surface area contributed by atoms with Gasteiger partial charge in [-0.25, -0.2) is 4.79 Å². The lowest BCUT2D eigenvalue weighted by Gasteiger charge is -2.38. The molecule has 2 heterocycles. The first-order chi connectivity index (χ1) is 17.3. The highest BCUT2D eigenvalue weighted by molar-refractivity contribution is 6.12. The van der Waals surface area contributed by atoms with Crippen molar-refractivity contribution in [3.05, 3.63) is 68.9 Å². The number of carbonyl (C=O) groups excluding carboxylic acids is 3. The van der Waals surface area contributed by atoms with Gasteiger partial charge in [0.15, 0.2) is 11.2 Å². The van der Waals surface area contributed by atoms with Gasteiger partial charge in [-0.1, -0.05) is 19.1 Å². The number of dihydropyridines is 1. The molecule has 5 rings (SSSR count). The fourth-order valence-corrected chi connectivity index (χ4v) is 5.78. The molecule has 0 amide bonds. The van der Waals surface area contributed by atoms with Gasteiger partial charge in [-0.15, -0.1) is 0 Å². The average molecular weight is 492 g/mol. The van der Waals surface area contributed by atoms with Gasteiger partial charge in [0.25, 0.3) is 0 Å². The molecular formula is C28H29NO7. The minimum absolute atomic E-state index is 0.159. The average Bonchev–Trinajstić information content (AvgIpc) is 3.36. The van der Waals surface area contributed by atoms with Crippen molar-refractivity contribution in [3.63, 3.8) is 0 Å². The summed E-state index contributed by atoms with van der Waals surface area (Å²) in [5.74, 6) is -4.04. The van der Waals surface area contributed by atoms with Crippen molar-refractivity contribution in [2.24, 2.45) is 11.8 Å². The van der Waals surface area contributed by atoms with E-state index in [-0.39, 0.29) is 34.2 Å². The van der Waals surface area contributed by atoms with Crippen LogP contribution in [0.25, 0.3) is 11.0 Å². The molecule has 1 saturated carbocycles. The zero-order chi connectivity index (χ0) is 25.6. The minimum Gasteiger partial charge on any atom is -0.468 e. The van der Waals surface area contributed by atoms with Crippen molar-refractivity contribution < 1.29 is 28.3 Å². The van der Waals surface area contributed by atoms with Crippen LogP contribution < -0.4 is 10.7 Å². The predicted molar refractivity (Wildman–Crippen MR) is 131 cm³/mol. The van der Waals surface area contributed by atoms with Crippen molar-refractivity contribution in [2.75, 3.05) is 7.11 Å². The number of hydrogen-bond donors (Lipinski definition) is 1. The molecule has 8 heteroatoms. The van der Waals surface area contributed by atoms with Crippen molar-refractivity contribution in [2.45, 2.75) is 58.0 Å². The molecule has 2 aliphatic carbocycles. The Bertz CT molecular complexity index is 1380. The molecule has 1 aromatic carbocycles. The maximum atomic E-state index is 13.8. The number of ketones is 1. The summed E-state index contributed by atoms with van der Waals surface area (Å²) in [5.41, 5.74) is 1.75. The molecule has 36 heavy (non-hydrogen) atoms. The largest absolute Gasteiger partial charge is 0.468 e. The van der Waals surface area contributed by atoms with E-state index in [0.29, 0.717) is 28.8 Å². The number of para-hydroxylation sites is 1. The maximum absolute atomic E-state index is 13.8. The fourth-order valence-electron chi connectivity index (χ4n) is 5.78. The molecule has 1 aromatic heterocycles. The third-order valence-electron chi connectivity index (χ3n) is 7.56. The van der Waals surface area contributed by atoms with Gasteiger partial charge < -0.3 is 19.2 Å². The highest BCUT2D eigenvalue weighted by Crippen LogP contribution is 2.45. The minimum atomic E-state index is -1.03. The van der Waals surface area contributed by atoms with Gasteiger partial charge in [-0.05, 0) is 57.1 Å². The van der Waals surface area contributed by atoms with Crippen LogP contribution in [0.15, 0.2) is 62.3 Å². The van der Waals surface area contributed by atoms with Gasteiger partial charge in [0, 0.05) is 22.5 Å². The molecule has 0 radical (unpaired) electrons. The molecule has 0 bridgehead atoms. The lowest BCUT2D eigenvalue weighted by atomic mass is 9.69.